The van der Waals surface area contributed by atoms with Crippen molar-refractivity contribution < 1.29 is 0 Å². The summed E-state index contributed by atoms with van der Waals surface area (Å²) in [5.74, 6) is 0. The average molecular weight is 252 g/mol. The summed E-state index contributed by atoms with van der Waals surface area (Å²) in [6, 6.07) is 2.24. The van der Waals surface area contributed by atoms with E-state index in [1.54, 1.807) is 0 Å². The van der Waals surface area contributed by atoms with E-state index in [9.17, 15) is 0 Å². The van der Waals surface area contributed by atoms with E-state index in [0.29, 0.717) is 17.5 Å². The van der Waals surface area contributed by atoms with Gasteiger partial charge in [0.25, 0.3) is 0 Å². The van der Waals surface area contributed by atoms with Crippen molar-refractivity contribution in [3.63, 3.8) is 0 Å². The molecule has 0 aromatic heterocycles. The minimum atomic E-state index is 0.599. The van der Waals surface area contributed by atoms with Gasteiger partial charge >= 0.3 is 0 Å². The smallest absolute Gasteiger partial charge is 0.00956 e. The van der Waals surface area contributed by atoms with Crippen LogP contribution >= 0.6 is 0 Å². The maximum atomic E-state index is 3.69. The first-order chi connectivity index (χ1) is 8.46. The van der Waals surface area contributed by atoms with Gasteiger partial charge in [0, 0.05) is 18.1 Å². The second-order valence-electron chi connectivity index (χ2n) is 7.48. The zero-order chi connectivity index (χ0) is 13.2. The van der Waals surface area contributed by atoms with Crippen molar-refractivity contribution >= 4 is 0 Å². The van der Waals surface area contributed by atoms with Gasteiger partial charge in [0.2, 0.25) is 0 Å². The van der Waals surface area contributed by atoms with E-state index in [4.69, 9.17) is 0 Å². The van der Waals surface area contributed by atoms with Gasteiger partial charge in [0.1, 0.15) is 0 Å². The van der Waals surface area contributed by atoms with E-state index in [-0.39, 0.29) is 0 Å². The number of nitrogens with one attached hydrogen (secondary N) is 1. The van der Waals surface area contributed by atoms with Gasteiger partial charge in [-0.1, -0.05) is 13.8 Å². The molecule has 18 heavy (non-hydrogen) atoms. The maximum absolute atomic E-state index is 3.69. The minimum absolute atomic E-state index is 0.599. The summed E-state index contributed by atoms with van der Waals surface area (Å²) >= 11 is 0. The minimum Gasteiger partial charge on any atom is -0.312 e. The summed E-state index contributed by atoms with van der Waals surface area (Å²) in [5, 5.41) is 3.69. The topological polar surface area (TPSA) is 15.3 Å². The highest BCUT2D eigenvalue weighted by Crippen LogP contribution is 2.37. The van der Waals surface area contributed by atoms with Crippen molar-refractivity contribution in [3.8, 4) is 0 Å². The van der Waals surface area contributed by atoms with Gasteiger partial charge in [-0.2, -0.15) is 0 Å². The van der Waals surface area contributed by atoms with E-state index in [1.165, 1.54) is 51.6 Å². The fourth-order valence-corrected chi connectivity index (χ4v) is 3.60. The molecule has 1 saturated carbocycles. The zero-order valence-corrected chi connectivity index (χ0v) is 12.8. The molecule has 2 nitrogen and oxygen atoms in total. The fourth-order valence-electron chi connectivity index (χ4n) is 3.60. The number of hydrogen-bond donors (Lipinski definition) is 1. The third-order valence-electron chi connectivity index (χ3n) is 5.09. The van der Waals surface area contributed by atoms with Crippen LogP contribution in [0.4, 0.5) is 0 Å². The predicted octanol–water partition coefficient (Wildman–Crippen LogP) is 3.42. The van der Waals surface area contributed by atoms with Crippen LogP contribution in [0.25, 0.3) is 0 Å². The highest BCUT2D eigenvalue weighted by Gasteiger charge is 2.30. The Kier molecular flexibility index (Phi) is 4.71. The van der Waals surface area contributed by atoms with Gasteiger partial charge in [0.05, 0.1) is 0 Å². The summed E-state index contributed by atoms with van der Waals surface area (Å²) in [4.78, 5) is 2.79. The zero-order valence-electron chi connectivity index (χ0n) is 12.8. The summed E-state index contributed by atoms with van der Waals surface area (Å²) in [6.45, 7) is 12.1. The lowest BCUT2D eigenvalue weighted by Gasteiger charge is -2.42. The molecule has 0 spiro atoms. The van der Waals surface area contributed by atoms with Crippen molar-refractivity contribution in [1.29, 1.82) is 0 Å². The molecule has 2 atom stereocenters. The third kappa shape index (κ3) is 3.96. The highest BCUT2D eigenvalue weighted by molar-refractivity contribution is 4.86. The van der Waals surface area contributed by atoms with Crippen molar-refractivity contribution in [2.45, 2.75) is 84.3 Å². The van der Waals surface area contributed by atoms with Crippen molar-refractivity contribution in [2.24, 2.45) is 5.41 Å². The van der Waals surface area contributed by atoms with E-state index >= 15 is 0 Å². The van der Waals surface area contributed by atoms with Gasteiger partial charge in [0.15, 0.2) is 0 Å². The molecule has 1 heterocycles. The molecule has 2 aliphatic rings. The van der Waals surface area contributed by atoms with Crippen LogP contribution < -0.4 is 5.32 Å². The number of hydrogen-bond acceptors (Lipinski definition) is 2. The quantitative estimate of drug-likeness (QED) is 0.769. The van der Waals surface area contributed by atoms with Crippen LogP contribution in [0.2, 0.25) is 0 Å². The highest BCUT2D eigenvalue weighted by atomic mass is 15.2. The second-order valence-corrected chi connectivity index (χ2v) is 7.48. The maximum Gasteiger partial charge on any atom is 0.00956 e. The Hall–Kier alpha value is -0.0800. The van der Waals surface area contributed by atoms with Crippen LogP contribution in [0.5, 0.6) is 0 Å². The molecule has 0 aromatic rings. The Bertz CT molecular complexity index is 240. The molecule has 2 heteroatoms. The molecule has 1 saturated heterocycles. The van der Waals surface area contributed by atoms with E-state index in [2.05, 4.69) is 37.9 Å². The lowest BCUT2D eigenvalue weighted by atomic mass is 9.75. The van der Waals surface area contributed by atoms with Gasteiger partial charge < -0.3 is 10.2 Å². The number of nitrogens with zero attached hydrogens (tertiary/aromatic N) is 1. The molecule has 106 valence electrons. The Labute approximate surface area is 114 Å². The van der Waals surface area contributed by atoms with Gasteiger partial charge in [-0.05, 0) is 70.9 Å². The molecule has 1 aliphatic carbocycles. The molecule has 2 fully saturated rings. The summed E-state index contributed by atoms with van der Waals surface area (Å²) < 4.78 is 0. The van der Waals surface area contributed by atoms with Gasteiger partial charge in [-0.3, -0.25) is 0 Å². The summed E-state index contributed by atoms with van der Waals surface area (Å²) in [5.41, 5.74) is 0.599. The van der Waals surface area contributed by atoms with E-state index < -0.39 is 0 Å². The van der Waals surface area contributed by atoms with Crippen LogP contribution in [-0.4, -0.2) is 36.1 Å². The van der Waals surface area contributed by atoms with Crippen molar-refractivity contribution in [1.82, 2.24) is 10.2 Å². The molecular formula is C16H32N2. The SMILES string of the molecule is CC1CCN(C2CCC(C)(C)CC2)CCC(C)N1. The van der Waals surface area contributed by atoms with Crippen LogP contribution in [0.3, 0.4) is 0 Å². The van der Waals surface area contributed by atoms with Crippen LogP contribution in [0.1, 0.15) is 66.2 Å². The van der Waals surface area contributed by atoms with Gasteiger partial charge in [-0.25, -0.2) is 0 Å². The molecule has 1 aliphatic heterocycles. The first-order valence-electron chi connectivity index (χ1n) is 7.96. The van der Waals surface area contributed by atoms with Crippen LogP contribution in [0, 0.1) is 5.41 Å². The molecule has 0 bridgehead atoms. The number of rotatable bonds is 1. The van der Waals surface area contributed by atoms with Crippen LogP contribution in [0.15, 0.2) is 0 Å². The standard InChI is InChI=1S/C16H32N2/c1-13-7-11-18(12-8-14(2)17-13)15-5-9-16(3,4)10-6-15/h13-15,17H,5-12H2,1-4H3. The molecule has 0 radical (unpaired) electrons. The first kappa shape index (κ1) is 14.3. The van der Waals surface area contributed by atoms with Crippen molar-refractivity contribution in [3.05, 3.63) is 0 Å². The Morgan fingerprint density at radius 2 is 1.39 bits per heavy atom. The first-order valence-corrected chi connectivity index (χ1v) is 7.96. The largest absolute Gasteiger partial charge is 0.312 e. The third-order valence-corrected chi connectivity index (χ3v) is 5.09. The van der Waals surface area contributed by atoms with Crippen molar-refractivity contribution in [2.75, 3.05) is 13.1 Å². The molecule has 2 unspecified atom stereocenters. The second kappa shape index (κ2) is 5.92. The molecular weight excluding hydrogens is 220 g/mol. The predicted molar refractivity (Wildman–Crippen MR) is 78.9 cm³/mol. The summed E-state index contributed by atoms with van der Waals surface area (Å²) in [7, 11) is 0. The van der Waals surface area contributed by atoms with E-state index in [0.717, 1.165) is 6.04 Å². The Morgan fingerprint density at radius 1 is 0.889 bits per heavy atom. The average Bonchev–Trinajstić information content (AvgIpc) is 2.28. The Balaban J connectivity index is 1.87. The molecule has 2 rings (SSSR count). The van der Waals surface area contributed by atoms with E-state index in [1.807, 2.05) is 0 Å². The lowest BCUT2D eigenvalue weighted by Crippen LogP contribution is -2.47. The lowest BCUT2D eigenvalue weighted by molar-refractivity contribution is 0.0928. The Morgan fingerprint density at radius 3 is 1.89 bits per heavy atom. The monoisotopic (exact) mass is 252 g/mol. The fraction of sp³-hybridized carbons (Fsp3) is 1.00. The van der Waals surface area contributed by atoms with Crippen LogP contribution in [-0.2, 0) is 0 Å². The molecule has 1 N–H and O–H groups in total. The molecule has 0 aromatic carbocycles. The summed E-state index contributed by atoms with van der Waals surface area (Å²) in [6.07, 6.45) is 8.29. The van der Waals surface area contributed by atoms with Gasteiger partial charge in [-0.15, -0.1) is 0 Å². The normalized spacial score (nSPS) is 36.0. The molecule has 0 amide bonds.